The van der Waals surface area contributed by atoms with E-state index in [-0.39, 0.29) is 5.91 Å². The fourth-order valence-corrected chi connectivity index (χ4v) is 4.11. The fraction of sp³-hybridized carbons (Fsp3) is 0.222. The number of benzene rings is 1. The minimum Gasteiger partial charge on any atom is -0.383 e. The molecule has 4 nitrogen and oxygen atoms in total. The van der Waals surface area contributed by atoms with E-state index in [1.165, 1.54) is 23.0 Å². The third-order valence-corrected chi connectivity index (χ3v) is 5.38. The van der Waals surface area contributed by atoms with Crippen LogP contribution < -0.4 is 4.80 Å². The largest absolute Gasteiger partial charge is 0.383 e. The van der Waals surface area contributed by atoms with Crippen LogP contribution in [0, 0.1) is 6.92 Å². The standard InChI is InChI=1S/C18H18N2O2S2/c1-13-5-7-15-16(12-13)24-18(20(15)9-10-22-2)19-17(21)8-6-14-4-3-11-23-14/h3-8,11-12H,9-10H2,1-2H3. The second-order valence-electron chi connectivity index (χ2n) is 5.30. The van der Waals surface area contributed by atoms with E-state index >= 15 is 0 Å². The van der Waals surface area contributed by atoms with E-state index < -0.39 is 0 Å². The number of fused-ring (bicyclic) bond motifs is 1. The fourth-order valence-electron chi connectivity index (χ4n) is 2.34. The van der Waals surface area contributed by atoms with Gasteiger partial charge in [0.15, 0.2) is 4.80 Å². The molecule has 2 aromatic heterocycles. The van der Waals surface area contributed by atoms with Crippen molar-refractivity contribution in [2.75, 3.05) is 13.7 Å². The van der Waals surface area contributed by atoms with E-state index in [0.29, 0.717) is 18.0 Å². The van der Waals surface area contributed by atoms with Gasteiger partial charge in [-0.05, 0) is 42.1 Å². The Hall–Kier alpha value is -2.02. The molecule has 124 valence electrons. The number of aryl methyl sites for hydroxylation is 1. The van der Waals surface area contributed by atoms with Gasteiger partial charge in [-0.2, -0.15) is 4.99 Å². The highest BCUT2D eigenvalue weighted by atomic mass is 32.1. The predicted molar refractivity (Wildman–Crippen MR) is 100 cm³/mol. The molecule has 0 saturated carbocycles. The number of aromatic nitrogens is 1. The minimum atomic E-state index is -0.252. The summed E-state index contributed by atoms with van der Waals surface area (Å²) in [5.74, 6) is -0.252. The lowest BCUT2D eigenvalue weighted by molar-refractivity contribution is -0.113. The molecule has 0 aliphatic carbocycles. The third-order valence-electron chi connectivity index (χ3n) is 3.50. The zero-order valence-electron chi connectivity index (χ0n) is 13.6. The molecule has 2 heterocycles. The molecule has 0 saturated heterocycles. The highest BCUT2D eigenvalue weighted by Gasteiger charge is 2.07. The molecular formula is C18H18N2O2S2. The summed E-state index contributed by atoms with van der Waals surface area (Å²) >= 11 is 3.12. The Bertz CT molecular complexity index is 934. The number of ether oxygens (including phenoxy) is 1. The summed E-state index contributed by atoms with van der Waals surface area (Å²) in [6.45, 7) is 3.30. The van der Waals surface area contributed by atoms with E-state index in [1.807, 2.05) is 22.1 Å². The predicted octanol–water partition coefficient (Wildman–Crippen LogP) is 3.86. The zero-order chi connectivity index (χ0) is 16.9. The van der Waals surface area contributed by atoms with E-state index in [0.717, 1.165) is 15.1 Å². The second-order valence-corrected chi connectivity index (χ2v) is 7.29. The van der Waals surface area contributed by atoms with Crippen molar-refractivity contribution < 1.29 is 9.53 Å². The maximum absolute atomic E-state index is 12.2. The van der Waals surface area contributed by atoms with Gasteiger partial charge in [-0.3, -0.25) is 4.79 Å². The number of hydrogen-bond donors (Lipinski definition) is 0. The van der Waals surface area contributed by atoms with Crippen molar-refractivity contribution in [3.63, 3.8) is 0 Å². The number of hydrogen-bond acceptors (Lipinski definition) is 4. The molecule has 1 amide bonds. The summed E-state index contributed by atoms with van der Waals surface area (Å²) in [6.07, 6.45) is 3.32. The van der Waals surface area contributed by atoms with Crippen LogP contribution in [0.2, 0.25) is 0 Å². The number of rotatable bonds is 5. The third kappa shape index (κ3) is 3.90. The molecule has 0 aliphatic heterocycles. The lowest BCUT2D eigenvalue weighted by Crippen LogP contribution is -2.18. The minimum absolute atomic E-state index is 0.252. The number of methoxy groups -OCH3 is 1. The van der Waals surface area contributed by atoms with Crippen molar-refractivity contribution in [1.29, 1.82) is 0 Å². The molecule has 0 radical (unpaired) electrons. The summed E-state index contributed by atoms with van der Waals surface area (Å²) in [6, 6.07) is 10.2. The Morgan fingerprint density at radius 3 is 3.00 bits per heavy atom. The SMILES string of the molecule is COCCn1c(=NC(=O)C=Cc2cccs2)sc2cc(C)ccc21. The number of thiophene rings is 1. The molecular weight excluding hydrogens is 340 g/mol. The van der Waals surface area contributed by atoms with Crippen LogP contribution in [0.3, 0.4) is 0 Å². The number of carbonyl (C=O) groups is 1. The van der Waals surface area contributed by atoms with Crippen LogP contribution in [-0.2, 0) is 16.1 Å². The van der Waals surface area contributed by atoms with Gasteiger partial charge in [-0.15, -0.1) is 11.3 Å². The van der Waals surface area contributed by atoms with Crippen LogP contribution in [0.1, 0.15) is 10.4 Å². The van der Waals surface area contributed by atoms with Crippen LogP contribution in [0.5, 0.6) is 0 Å². The molecule has 0 bridgehead atoms. The van der Waals surface area contributed by atoms with E-state index in [4.69, 9.17) is 4.74 Å². The lowest BCUT2D eigenvalue weighted by Gasteiger charge is -2.04. The highest BCUT2D eigenvalue weighted by molar-refractivity contribution is 7.16. The summed E-state index contributed by atoms with van der Waals surface area (Å²) in [5, 5.41) is 1.98. The van der Waals surface area contributed by atoms with Gasteiger partial charge in [-0.1, -0.05) is 23.5 Å². The Morgan fingerprint density at radius 1 is 1.38 bits per heavy atom. The molecule has 1 aromatic carbocycles. The zero-order valence-corrected chi connectivity index (χ0v) is 15.2. The molecule has 3 rings (SSSR count). The Labute approximate surface area is 148 Å². The highest BCUT2D eigenvalue weighted by Crippen LogP contribution is 2.19. The van der Waals surface area contributed by atoms with Crippen molar-refractivity contribution in [2.45, 2.75) is 13.5 Å². The van der Waals surface area contributed by atoms with Crippen molar-refractivity contribution in [2.24, 2.45) is 4.99 Å². The topological polar surface area (TPSA) is 43.6 Å². The number of nitrogens with zero attached hydrogens (tertiary/aromatic N) is 2. The molecule has 0 N–H and O–H groups in total. The van der Waals surface area contributed by atoms with Gasteiger partial charge in [0.1, 0.15) is 0 Å². The first-order chi connectivity index (χ1) is 11.7. The van der Waals surface area contributed by atoms with Gasteiger partial charge in [-0.25, -0.2) is 0 Å². The average molecular weight is 358 g/mol. The average Bonchev–Trinajstić information content (AvgIpc) is 3.18. The normalized spacial score (nSPS) is 12.5. The van der Waals surface area contributed by atoms with Crippen molar-refractivity contribution in [1.82, 2.24) is 4.57 Å². The van der Waals surface area contributed by atoms with E-state index in [1.54, 1.807) is 24.5 Å². The van der Waals surface area contributed by atoms with Gasteiger partial charge in [0, 0.05) is 24.6 Å². The smallest absolute Gasteiger partial charge is 0.272 e. The molecule has 0 unspecified atom stereocenters. The molecule has 0 fully saturated rings. The van der Waals surface area contributed by atoms with Crippen molar-refractivity contribution >= 4 is 44.9 Å². The molecule has 24 heavy (non-hydrogen) atoms. The molecule has 6 heteroatoms. The van der Waals surface area contributed by atoms with Crippen molar-refractivity contribution in [3.8, 4) is 0 Å². The van der Waals surface area contributed by atoms with Gasteiger partial charge in [0.05, 0.1) is 16.8 Å². The Kier molecular flexibility index (Phi) is 5.40. The van der Waals surface area contributed by atoms with Crippen LogP contribution in [-0.4, -0.2) is 24.2 Å². The van der Waals surface area contributed by atoms with Crippen LogP contribution in [0.4, 0.5) is 0 Å². The van der Waals surface area contributed by atoms with Gasteiger partial charge < -0.3 is 9.30 Å². The first kappa shape index (κ1) is 16.8. The number of thiazole rings is 1. The Balaban J connectivity index is 1.98. The first-order valence-corrected chi connectivity index (χ1v) is 9.26. The van der Waals surface area contributed by atoms with Crippen LogP contribution in [0.15, 0.2) is 46.8 Å². The number of amides is 1. The molecule has 0 aliphatic rings. The van der Waals surface area contributed by atoms with Crippen molar-refractivity contribution in [3.05, 3.63) is 57.0 Å². The lowest BCUT2D eigenvalue weighted by atomic mass is 10.2. The maximum Gasteiger partial charge on any atom is 0.272 e. The van der Waals surface area contributed by atoms with E-state index in [9.17, 15) is 4.79 Å². The van der Waals surface area contributed by atoms with Gasteiger partial charge >= 0.3 is 0 Å². The quantitative estimate of drug-likeness (QED) is 0.650. The first-order valence-electron chi connectivity index (χ1n) is 7.56. The van der Waals surface area contributed by atoms with Gasteiger partial charge in [0.2, 0.25) is 0 Å². The molecule has 0 spiro atoms. The van der Waals surface area contributed by atoms with Crippen LogP contribution >= 0.6 is 22.7 Å². The summed E-state index contributed by atoms with van der Waals surface area (Å²) in [5.41, 5.74) is 2.27. The van der Waals surface area contributed by atoms with Gasteiger partial charge in [0.25, 0.3) is 5.91 Å². The summed E-state index contributed by atoms with van der Waals surface area (Å²) in [4.78, 5) is 18.2. The maximum atomic E-state index is 12.2. The monoisotopic (exact) mass is 358 g/mol. The Morgan fingerprint density at radius 2 is 2.25 bits per heavy atom. The summed E-state index contributed by atoms with van der Waals surface area (Å²) in [7, 11) is 1.67. The number of carbonyl (C=O) groups excluding carboxylic acids is 1. The van der Waals surface area contributed by atoms with Crippen LogP contribution in [0.25, 0.3) is 16.3 Å². The van der Waals surface area contributed by atoms with E-state index in [2.05, 4.69) is 30.1 Å². The summed E-state index contributed by atoms with van der Waals surface area (Å²) < 4.78 is 8.36. The molecule has 0 atom stereocenters. The molecule has 3 aromatic rings. The second kappa shape index (κ2) is 7.70.